The molecule has 0 aliphatic rings. The van der Waals surface area contributed by atoms with Crippen molar-refractivity contribution in [3.8, 4) is 11.5 Å². The van der Waals surface area contributed by atoms with Crippen molar-refractivity contribution < 1.29 is 14.3 Å². The average Bonchev–Trinajstić information content (AvgIpc) is 3.12. The quantitative estimate of drug-likeness (QED) is 0.258. The van der Waals surface area contributed by atoms with Gasteiger partial charge in [-0.1, -0.05) is 41.4 Å². The van der Waals surface area contributed by atoms with Gasteiger partial charge in [0.05, 0.1) is 27.8 Å². The van der Waals surface area contributed by atoms with Gasteiger partial charge in [0, 0.05) is 12.1 Å². The first-order chi connectivity index (χ1) is 14.4. The van der Waals surface area contributed by atoms with E-state index < -0.39 is 0 Å². The molecule has 0 unspecified atom stereocenters. The summed E-state index contributed by atoms with van der Waals surface area (Å²) in [5.74, 6) is 0.933. The van der Waals surface area contributed by atoms with E-state index in [4.69, 9.17) is 32.7 Å². The highest BCUT2D eigenvalue weighted by Crippen LogP contribution is 2.34. The molecule has 0 fully saturated rings. The van der Waals surface area contributed by atoms with Crippen molar-refractivity contribution >= 4 is 51.0 Å². The number of hydrogen-bond donors (Lipinski definition) is 0. The van der Waals surface area contributed by atoms with E-state index in [-0.39, 0.29) is 12.4 Å². The van der Waals surface area contributed by atoms with Crippen LogP contribution in [0.4, 0.5) is 0 Å². The lowest BCUT2D eigenvalue weighted by Crippen LogP contribution is -2.07. The minimum atomic E-state index is -0.141. The molecule has 3 rings (SSSR count). The number of nitrogens with zero attached hydrogens (tertiary/aromatic N) is 2. The summed E-state index contributed by atoms with van der Waals surface area (Å²) in [7, 11) is 1.59. The second-order valence-corrected chi connectivity index (χ2v) is 7.93. The zero-order chi connectivity index (χ0) is 21.7. The summed E-state index contributed by atoms with van der Waals surface area (Å²) < 4.78 is 13.6. The Bertz CT molecular complexity index is 1080. The van der Waals surface area contributed by atoms with Gasteiger partial charge in [-0.25, -0.2) is 0 Å². The van der Waals surface area contributed by atoms with Crippen molar-refractivity contribution in [3.05, 3.63) is 80.0 Å². The van der Waals surface area contributed by atoms with Gasteiger partial charge in [-0.15, -0.1) is 0 Å². The molecule has 0 radical (unpaired) electrons. The number of benzene rings is 2. The highest BCUT2D eigenvalue weighted by Gasteiger charge is 2.14. The smallest absolute Gasteiger partial charge is 0.205 e. The topological polar surface area (TPSA) is 53.4 Å². The van der Waals surface area contributed by atoms with Crippen LogP contribution in [-0.2, 0) is 13.2 Å². The van der Waals surface area contributed by atoms with Gasteiger partial charge >= 0.3 is 0 Å². The monoisotopic (exact) mass is 508 g/mol. The van der Waals surface area contributed by atoms with E-state index >= 15 is 0 Å². The zero-order valence-electron chi connectivity index (χ0n) is 16.4. The fraction of sp³-hybridized carbons (Fsp3) is 0.182. The van der Waals surface area contributed by atoms with Crippen molar-refractivity contribution in [2.24, 2.45) is 0 Å². The molecule has 0 atom stereocenters. The van der Waals surface area contributed by atoms with Crippen molar-refractivity contribution in [2.45, 2.75) is 20.1 Å². The Labute approximate surface area is 193 Å². The molecule has 1 aromatic heterocycles. The van der Waals surface area contributed by atoms with Crippen LogP contribution in [0.1, 0.15) is 28.5 Å². The Morgan fingerprint density at radius 3 is 2.63 bits per heavy atom. The Hall–Kier alpha value is -2.28. The summed E-state index contributed by atoms with van der Waals surface area (Å²) in [6, 6.07) is 10.8. The molecule has 8 heteroatoms. The first-order valence-corrected chi connectivity index (χ1v) is 10.7. The third kappa shape index (κ3) is 5.06. The number of para-hydroxylation sites is 1. The van der Waals surface area contributed by atoms with Gasteiger partial charge in [0.2, 0.25) is 5.78 Å². The lowest BCUT2D eigenvalue weighted by Gasteiger charge is -2.13. The number of halogens is 3. The standard InChI is InChI=1S/C22H19BrCl2N2O3/c1-3-27-21(16(23)12-26-27)19(28)9-7-14-8-10-20(29-2)15(11-14)13-30-22-17(24)5-4-6-18(22)25/h4-12H,3,13H2,1-2H3/b9-7+. The second-order valence-electron chi connectivity index (χ2n) is 6.27. The molecule has 0 saturated heterocycles. The number of rotatable bonds is 8. The van der Waals surface area contributed by atoms with Crippen molar-refractivity contribution in [1.29, 1.82) is 0 Å². The molecule has 1 heterocycles. The molecule has 0 N–H and O–H groups in total. The molecular weight excluding hydrogens is 491 g/mol. The SMILES string of the molecule is CCn1ncc(Br)c1C(=O)/C=C/c1ccc(OC)c(COc2c(Cl)cccc2Cl)c1. The van der Waals surface area contributed by atoms with E-state index in [0.29, 0.717) is 38.3 Å². The molecule has 0 amide bonds. The maximum Gasteiger partial charge on any atom is 0.205 e. The number of ketones is 1. The summed E-state index contributed by atoms with van der Waals surface area (Å²) in [6.45, 7) is 2.74. The van der Waals surface area contributed by atoms with Crippen LogP contribution in [0.2, 0.25) is 10.0 Å². The number of methoxy groups -OCH3 is 1. The fourth-order valence-corrected chi connectivity index (χ4v) is 3.88. The molecule has 0 saturated carbocycles. The van der Waals surface area contributed by atoms with Crippen LogP contribution in [0, 0.1) is 0 Å². The van der Waals surface area contributed by atoms with Crippen LogP contribution >= 0.6 is 39.1 Å². The molecule has 5 nitrogen and oxygen atoms in total. The number of ether oxygens (including phenoxy) is 2. The van der Waals surface area contributed by atoms with Crippen LogP contribution in [-0.4, -0.2) is 22.7 Å². The van der Waals surface area contributed by atoms with E-state index in [2.05, 4.69) is 21.0 Å². The molecule has 30 heavy (non-hydrogen) atoms. The first-order valence-electron chi connectivity index (χ1n) is 9.12. The van der Waals surface area contributed by atoms with Gasteiger partial charge in [0.15, 0.2) is 5.75 Å². The molecule has 0 bridgehead atoms. The molecule has 3 aromatic rings. The fourth-order valence-electron chi connectivity index (χ4n) is 2.88. The first kappa shape index (κ1) is 22.4. The average molecular weight is 510 g/mol. The van der Waals surface area contributed by atoms with E-state index in [1.54, 1.807) is 42.3 Å². The second kappa shape index (κ2) is 10.2. The molecule has 0 spiro atoms. The van der Waals surface area contributed by atoms with E-state index in [0.717, 1.165) is 11.1 Å². The summed E-state index contributed by atoms with van der Waals surface area (Å²) in [6.07, 6.45) is 4.88. The summed E-state index contributed by atoms with van der Waals surface area (Å²) in [5, 5.41) is 5.04. The van der Waals surface area contributed by atoms with Crippen LogP contribution in [0.5, 0.6) is 11.5 Å². The van der Waals surface area contributed by atoms with Gasteiger partial charge in [-0.05, 0) is 58.8 Å². The maximum atomic E-state index is 12.6. The highest BCUT2D eigenvalue weighted by atomic mass is 79.9. The Balaban J connectivity index is 1.81. The third-order valence-electron chi connectivity index (χ3n) is 4.35. The van der Waals surface area contributed by atoms with E-state index in [1.165, 1.54) is 6.08 Å². The molecule has 2 aromatic carbocycles. The van der Waals surface area contributed by atoms with Crippen LogP contribution < -0.4 is 9.47 Å². The zero-order valence-corrected chi connectivity index (χ0v) is 19.5. The number of carbonyl (C=O) groups is 1. The van der Waals surface area contributed by atoms with Crippen molar-refractivity contribution in [3.63, 3.8) is 0 Å². The number of aromatic nitrogens is 2. The number of hydrogen-bond acceptors (Lipinski definition) is 4. The van der Waals surface area contributed by atoms with Crippen molar-refractivity contribution in [1.82, 2.24) is 9.78 Å². The number of carbonyl (C=O) groups excluding carboxylic acids is 1. The van der Waals surface area contributed by atoms with Gasteiger partial charge in [0.1, 0.15) is 18.1 Å². The van der Waals surface area contributed by atoms with Gasteiger partial charge in [0.25, 0.3) is 0 Å². The highest BCUT2D eigenvalue weighted by molar-refractivity contribution is 9.10. The summed E-state index contributed by atoms with van der Waals surface area (Å²) in [5.41, 5.74) is 2.13. The third-order valence-corrected chi connectivity index (χ3v) is 5.53. The molecule has 0 aliphatic heterocycles. The minimum absolute atomic E-state index is 0.141. The van der Waals surface area contributed by atoms with Crippen LogP contribution in [0.3, 0.4) is 0 Å². The predicted molar refractivity (Wildman–Crippen MR) is 123 cm³/mol. The molecule has 0 aliphatic carbocycles. The Kier molecular flexibility index (Phi) is 7.58. The normalized spacial score (nSPS) is 11.1. The molecular formula is C22H19BrCl2N2O3. The lowest BCUT2D eigenvalue weighted by molar-refractivity contribution is 0.103. The lowest BCUT2D eigenvalue weighted by atomic mass is 10.1. The van der Waals surface area contributed by atoms with Gasteiger partial charge in [-0.3, -0.25) is 9.48 Å². The Morgan fingerprint density at radius 1 is 1.23 bits per heavy atom. The van der Waals surface area contributed by atoms with E-state index in [1.807, 2.05) is 25.1 Å². The Morgan fingerprint density at radius 2 is 1.97 bits per heavy atom. The molecule has 156 valence electrons. The number of allylic oxidation sites excluding steroid dienone is 1. The predicted octanol–water partition coefficient (Wildman–Crippen LogP) is 6.46. The maximum absolute atomic E-state index is 12.6. The summed E-state index contributed by atoms with van der Waals surface area (Å²) in [4.78, 5) is 12.6. The minimum Gasteiger partial charge on any atom is -0.496 e. The van der Waals surface area contributed by atoms with E-state index in [9.17, 15) is 4.79 Å². The van der Waals surface area contributed by atoms with Crippen molar-refractivity contribution in [2.75, 3.05) is 7.11 Å². The van der Waals surface area contributed by atoms with Crippen LogP contribution in [0.15, 0.2) is 53.1 Å². The van der Waals surface area contributed by atoms with Crippen LogP contribution in [0.25, 0.3) is 6.08 Å². The number of aryl methyl sites for hydroxylation is 1. The van der Waals surface area contributed by atoms with Gasteiger partial charge < -0.3 is 9.47 Å². The largest absolute Gasteiger partial charge is 0.496 e. The van der Waals surface area contributed by atoms with Gasteiger partial charge in [-0.2, -0.15) is 5.10 Å². The summed E-state index contributed by atoms with van der Waals surface area (Å²) >= 11 is 15.7.